The summed E-state index contributed by atoms with van der Waals surface area (Å²) in [4.78, 5) is 16.6. The molecule has 0 spiro atoms. The van der Waals surface area contributed by atoms with Gasteiger partial charge in [-0.15, -0.1) is 0 Å². The van der Waals surface area contributed by atoms with E-state index in [1.807, 2.05) is 0 Å². The van der Waals surface area contributed by atoms with Crippen LogP contribution in [0.4, 0.5) is 0 Å². The van der Waals surface area contributed by atoms with Gasteiger partial charge in [0.05, 0.1) is 0 Å². The first-order valence-electron chi connectivity index (χ1n) is 6.98. The molecule has 1 saturated carbocycles. The Morgan fingerprint density at radius 1 is 1.48 bits per heavy atom. The molecule has 1 atom stereocenters. The molecule has 2 N–H and O–H groups in total. The zero-order chi connectivity index (χ0) is 15.0. The van der Waals surface area contributed by atoms with E-state index in [0.717, 1.165) is 18.7 Å². The maximum absolute atomic E-state index is 12.2. The average Bonchev–Trinajstić information content (AvgIpc) is 3.16. The molecule has 3 rings (SSSR count). The monoisotopic (exact) mass is 287 g/mol. The van der Waals surface area contributed by atoms with Crippen molar-refractivity contribution in [3.63, 3.8) is 0 Å². The quantitative estimate of drug-likeness (QED) is 0.901. The second kappa shape index (κ2) is 5.20. The van der Waals surface area contributed by atoms with Crippen LogP contribution in [-0.2, 0) is 0 Å². The van der Waals surface area contributed by atoms with E-state index in [2.05, 4.69) is 15.5 Å². The lowest BCUT2D eigenvalue weighted by Crippen LogP contribution is -2.27. The van der Waals surface area contributed by atoms with Gasteiger partial charge in [-0.1, -0.05) is 5.16 Å². The van der Waals surface area contributed by atoms with Crippen LogP contribution in [0.2, 0.25) is 0 Å². The fourth-order valence-electron chi connectivity index (χ4n) is 2.17. The van der Waals surface area contributed by atoms with Crippen molar-refractivity contribution in [2.75, 3.05) is 0 Å². The molecule has 0 aliphatic heterocycles. The highest BCUT2D eigenvalue weighted by Crippen LogP contribution is 2.38. The Morgan fingerprint density at radius 3 is 2.90 bits per heavy atom. The summed E-state index contributed by atoms with van der Waals surface area (Å²) in [7, 11) is 0. The number of phenols is 1. The van der Waals surface area contributed by atoms with Gasteiger partial charge in [0.1, 0.15) is 11.8 Å². The van der Waals surface area contributed by atoms with Crippen LogP contribution in [-0.4, -0.2) is 21.2 Å². The number of aryl methyl sites for hydroxylation is 1. The minimum absolute atomic E-state index is 0.142. The van der Waals surface area contributed by atoms with E-state index in [-0.39, 0.29) is 17.7 Å². The lowest BCUT2D eigenvalue weighted by molar-refractivity contribution is 0.0932. The first-order valence-corrected chi connectivity index (χ1v) is 6.98. The van der Waals surface area contributed by atoms with Gasteiger partial charge in [0.2, 0.25) is 5.89 Å². The maximum Gasteiger partial charge on any atom is 0.252 e. The fraction of sp³-hybridized carbons (Fsp3) is 0.400. The van der Waals surface area contributed by atoms with E-state index in [4.69, 9.17) is 4.52 Å². The first kappa shape index (κ1) is 13.6. The minimum Gasteiger partial charge on any atom is -0.508 e. The largest absolute Gasteiger partial charge is 0.508 e. The van der Waals surface area contributed by atoms with Crippen molar-refractivity contribution >= 4 is 5.91 Å². The van der Waals surface area contributed by atoms with E-state index >= 15 is 0 Å². The lowest BCUT2D eigenvalue weighted by atomic mass is 10.1. The molecule has 1 fully saturated rings. The van der Waals surface area contributed by atoms with Crippen molar-refractivity contribution in [1.82, 2.24) is 15.5 Å². The molecule has 1 aliphatic carbocycles. The molecule has 0 radical (unpaired) electrons. The van der Waals surface area contributed by atoms with Crippen molar-refractivity contribution in [3.8, 4) is 5.75 Å². The van der Waals surface area contributed by atoms with Gasteiger partial charge in [-0.25, -0.2) is 0 Å². The van der Waals surface area contributed by atoms with Crippen molar-refractivity contribution in [3.05, 3.63) is 41.0 Å². The number of hydrogen-bond donors (Lipinski definition) is 2. The molecule has 1 aromatic carbocycles. The number of hydrogen-bond acceptors (Lipinski definition) is 5. The third kappa shape index (κ3) is 2.89. The number of nitrogens with one attached hydrogen (secondary N) is 1. The first-order chi connectivity index (χ1) is 10.0. The number of carbonyl (C=O) groups is 1. The van der Waals surface area contributed by atoms with Gasteiger partial charge in [0.15, 0.2) is 5.82 Å². The summed E-state index contributed by atoms with van der Waals surface area (Å²) in [5.41, 5.74) is 1.23. The maximum atomic E-state index is 12.2. The van der Waals surface area contributed by atoms with E-state index in [9.17, 15) is 9.90 Å². The Bertz CT molecular complexity index is 677. The number of carbonyl (C=O) groups excluding carboxylic acids is 1. The molecule has 2 aromatic rings. The Hall–Kier alpha value is -2.37. The van der Waals surface area contributed by atoms with Gasteiger partial charge in [0.25, 0.3) is 5.91 Å². The molecule has 1 heterocycles. The molecule has 1 aliphatic rings. The van der Waals surface area contributed by atoms with Crippen LogP contribution < -0.4 is 5.32 Å². The Morgan fingerprint density at radius 2 is 2.24 bits per heavy atom. The van der Waals surface area contributed by atoms with Crippen LogP contribution in [0.1, 0.15) is 59.4 Å². The van der Waals surface area contributed by atoms with Gasteiger partial charge in [-0.2, -0.15) is 4.98 Å². The number of rotatable bonds is 4. The fourth-order valence-corrected chi connectivity index (χ4v) is 2.17. The van der Waals surface area contributed by atoms with Gasteiger partial charge in [-0.05, 0) is 50.5 Å². The molecule has 110 valence electrons. The molecule has 1 aromatic heterocycles. The van der Waals surface area contributed by atoms with Gasteiger partial charge >= 0.3 is 0 Å². The molecule has 1 amide bonds. The Kier molecular flexibility index (Phi) is 3.37. The molecular weight excluding hydrogens is 270 g/mol. The van der Waals surface area contributed by atoms with E-state index < -0.39 is 0 Å². The van der Waals surface area contributed by atoms with Crippen LogP contribution >= 0.6 is 0 Å². The zero-order valence-corrected chi connectivity index (χ0v) is 12.0. The number of aromatic hydroxyl groups is 1. The molecule has 6 heteroatoms. The highest BCUT2D eigenvalue weighted by atomic mass is 16.5. The predicted molar refractivity (Wildman–Crippen MR) is 75.0 cm³/mol. The van der Waals surface area contributed by atoms with Crippen LogP contribution in [0, 0.1) is 6.92 Å². The highest BCUT2D eigenvalue weighted by Gasteiger charge is 2.29. The number of nitrogens with zero attached hydrogens (tertiary/aromatic N) is 2. The van der Waals surface area contributed by atoms with Crippen molar-refractivity contribution in [2.24, 2.45) is 0 Å². The summed E-state index contributed by atoms with van der Waals surface area (Å²) >= 11 is 0. The van der Waals surface area contributed by atoms with Gasteiger partial charge in [0, 0.05) is 11.5 Å². The number of benzene rings is 1. The van der Waals surface area contributed by atoms with Gasteiger partial charge < -0.3 is 14.9 Å². The molecular formula is C15H17N3O3. The Balaban J connectivity index is 1.70. The van der Waals surface area contributed by atoms with Crippen LogP contribution in [0.25, 0.3) is 0 Å². The zero-order valence-electron chi connectivity index (χ0n) is 12.0. The summed E-state index contributed by atoms with van der Waals surface area (Å²) in [5.74, 6) is 1.48. The summed E-state index contributed by atoms with van der Waals surface area (Å²) in [6.07, 6.45) is 2.21. The van der Waals surface area contributed by atoms with Crippen LogP contribution in [0.3, 0.4) is 0 Å². The molecule has 0 saturated heterocycles. The molecule has 0 unspecified atom stereocenters. The summed E-state index contributed by atoms with van der Waals surface area (Å²) in [6.45, 7) is 3.58. The van der Waals surface area contributed by atoms with E-state index in [1.165, 1.54) is 6.07 Å². The third-order valence-corrected chi connectivity index (χ3v) is 3.57. The van der Waals surface area contributed by atoms with Crippen LogP contribution in [0.5, 0.6) is 5.75 Å². The summed E-state index contributed by atoms with van der Waals surface area (Å²) in [6, 6.07) is 4.28. The summed E-state index contributed by atoms with van der Waals surface area (Å²) in [5, 5.41) is 16.1. The topological polar surface area (TPSA) is 88.2 Å². The number of amides is 1. The van der Waals surface area contributed by atoms with Crippen molar-refractivity contribution in [1.29, 1.82) is 0 Å². The van der Waals surface area contributed by atoms with E-state index in [1.54, 1.807) is 26.0 Å². The highest BCUT2D eigenvalue weighted by molar-refractivity contribution is 5.95. The predicted octanol–water partition coefficient (Wildman–Crippen LogP) is 2.45. The normalized spacial score (nSPS) is 15.7. The molecule has 21 heavy (non-hydrogen) atoms. The SMILES string of the molecule is Cc1cc(O)ccc1C(=O)N[C@H](C)c1nc(C2CC2)no1. The van der Waals surface area contributed by atoms with Crippen molar-refractivity contribution < 1.29 is 14.4 Å². The Labute approximate surface area is 122 Å². The smallest absolute Gasteiger partial charge is 0.252 e. The molecule has 6 nitrogen and oxygen atoms in total. The second-order valence-corrected chi connectivity index (χ2v) is 5.46. The van der Waals surface area contributed by atoms with E-state index in [0.29, 0.717) is 22.9 Å². The second-order valence-electron chi connectivity index (χ2n) is 5.46. The third-order valence-electron chi connectivity index (χ3n) is 3.57. The summed E-state index contributed by atoms with van der Waals surface area (Å²) < 4.78 is 5.20. The number of phenolic OH excluding ortho intramolecular Hbond substituents is 1. The number of aromatic nitrogens is 2. The van der Waals surface area contributed by atoms with Crippen LogP contribution in [0.15, 0.2) is 22.7 Å². The van der Waals surface area contributed by atoms with Gasteiger partial charge in [-0.3, -0.25) is 4.79 Å². The minimum atomic E-state index is -0.356. The lowest BCUT2D eigenvalue weighted by Gasteiger charge is -2.11. The average molecular weight is 287 g/mol. The van der Waals surface area contributed by atoms with Crippen molar-refractivity contribution in [2.45, 2.75) is 38.6 Å². The molecule has 0 bridgehead atoms. The standard InChI is InChI=1S/C15H17N3O3/c1-8-7-11(19)5-6-12(8)14(20)16-9(2)15-17-13(18-21-15)10-3-4-10/h5-7,9-10,19H,3-4H2,1-2H3,(H,16,20)/t9-/m1/s1.